The van der Waals surface area contributed by atoms with Gasteiger partial charge in [0.1, 0.15) is 11.6 Å². The number of rotatable bonds is 5. The average molecular weight is 291 g/mol. The number of hydrogen-bond acceptors (Lipinski definition) is 3. The fourth-order valence-electron chi connectivity index (χ4n) is 1.97. The van der Waals surface area contributed by atoms with Crippen molar-refractivity contribution in [1.29, 1.82) is 0 Å². The standard InChI is InChI=1S/C15H15F2N3O/c16-10-3-1-2-9(6-10)4-5-20-14-7-11(15(19)21)13(18)8-12(14)17/h1-3,6-8,20H,4-5,18H2,(H2,19,21). The van der Waals surface area contributed by atoms with Crippen molar-refractivity contribution in [3.05, 3.63) is 59.2 Å². The second-order valence-corrected chi connectivity index (χ2v) is 4.59. The minimum Gasteiger partial charge on any atom is -0.398 e. The number of nitrogens with one attached hydrogen (secondary N) is 1. The summed E-state index contributed by atoms with van der Waals surface area (Å²) in [4.78, 5) is 11.2. The summed E-state index contributed by atoms with van der Waals surface area (Å²) >= 11 is 0. The topological polar surface area (TPSA) is 81.1 Å². The molecule has 0 spiro atoms. The summed E-state index contributed by atoms with van der Waals surface area (Å²) < 4.78 is 26.8. The predicted molar refractivity (Wildman–Crippen MR) is 77.9 cm³/mol. The number of carbonyl (C=O) groups is 1. The third kappa shape index (κ3) is 3.68. The molecular formula is C15H15F2N3O. The van der Waals surface area contributed by atoms with Gasteiger partial charge in [0, 0.05) is 12.2 Å². The van der Waals surface area contributed by atoms with Crippen LogP contribution in [-0.4, -0.2) is 12.5 Å². The highest BCUT2D eigenvalue weighted by atomic mass is 19.1. The van der Waals surface area contributed by atoms with Crippen LogP contribution in [0.4, 0.5) is 20.2 Å². The van der Waals surface area contributed by atoms with E-state index in [2.05, 4.69) is 5.32 Å². The second kappa shape index (κ2) is 6.21. The smallest absolute Gasteiger partial charge is 0.250 e. The molecule has 0 aliphatic carbocycles. The van der Waals surface area contributed by atoms with Crippen molar-refractivity contribution >= 4 is 17.3 Å². The van der Waals surface area contributed by atoms with Gasteiger partial charge in [-0.3, -0.25) is 4.79 Å². The van der Waals surface area contributed by atoms with Crippen LogP contribution in [0.5, 0.6) is 0 Å². The van der Waals surface area contributed by atoms with Gasteiger partial charge < -0.3 is 16.8 Å². The summed E-state index contributed by atoms with van der Waals surface area (Å²) in [6.07, 6.45) is 0.507. The molecule has 0 bridgehead atoms. The van der Waals surface area contributed by atoms with Crippen molar-refractivity contribution in [2.24, 2.45) is 5.73 Å². The summed E-state index contributed by atoms with van der Waals surface area (Å²) in [5.74, 6) is -1.61. The quantitative estimate of drug-likeness (QED) is 0.739. The SMILES string of the molecule is NC(=O)c1cc(NCCc2cccc(F)c2)c(F)cc1N. The monoisotopic (exact) mass is 291 g/mol. The number of amides is 1. The molecule has 0 aliphatic heterocycles. The van der Waals surface area contributed by atoms with Crippen LogP contribution in [0.25, 0.3) is 0 Å². The molecule has 0 fully saturated rings. The van der Waals surface area contributed by atoms with E-state index in [1.54, 1.807) is 12.1 Å². The van der Waals surface area contributed by atoms with Gasteiger partial charge in [-0.2, -0.15) is 0 Å². The third-order valence-corrected chi connectivity index (χ3v) is 3.02. The highest BCUT2D eigenvalue weighted by Gasteiger charge is 2.11. The number of nitrogen functional groups attached to an aromatic ring is 1. The molecule has 2 aromatic carbocycles. The Hall–Kier alpha value is -2.63. The Kier molecular flexibility index (Phi) is 4.37. The number of anilines is 2. The Morgan fingerprint density at radius 2 is 1.95 bits per heavy atom. The molecule has 1 amide bonds. The van der Waals surface area contributed by atoms with Gasteiger partial charge in [0.15, 0.2) is 0 Å². The summed E-state index contributed by atoms with van der Waals surface area (Å²) in [5.41, 5.74) is 11.7. The van der Waals surface area contributed by atoms with E-state index < -0.39 is 11.7 Å². The van der Waals surface area contributed by atoms with E-state index in [0.29, 0.717) is 13.0 Å². The Morgan fingerprint density at radius 3 is 2.62 bits per heavy atom. The molecule has 21 heavy (non-hydrogen) atoms. The van der Waals surface area contributed by atoms with Crippen molar-refractivity contribution in [3.63, 3.8) is 0 Å². The van der Waals surface area contributed by atoms with Gasteiger partial charge in [-0.15, -0.1) is 0 Å². The van der Waals surface area contributed by atoms with E-state index in [0.717, 1.165) is 11.6 Å². The molecule has 0 aromatic heterocycles. The van der Waals surface area contributed by atoms with Gasteiger partial charge in [0.05, 0.1) is 11.3 Å². The molecule has 0 atom stereocenters. The van der Waals surface area contributed by atoms with E-state index in [4.69, 9.17) is 11.5 Å². The van der Waals surface area contributed by atoms with Crippen LogP contribution in [0.15, 0.2) is 36.4 Å². The lowest BCUT2D eigenvalue weighted by Crippen LogP contribution is -2.15. The second-order valence-electron chi connectivity index (χ2n) is 4.59. The molecule has 5 N–H and O–H groups in total. The predicted octanol–water partition coefficient (Wildman–Crippen LogP) is 2.30. The number of benzene rings is 2. The first-order valence-corrected chi connectivity index (χ1v) is 6.34. The van der Waals surface area contributed by atoms with Gasteiger partial charge >= 0.3 is 0 Å². The largest absolute Gasteiger partial charge is 0.398 e. The number of halogens is 2. The molecule has 110 valence electrons. The zero-order valence-corrected chi connectivity index (χ0v) is 11.2. The minimum atomic E-state index is -0.722. The van der Waals surface area contributed by atoms with Crippen LogP contribution in [0, 0.1) is 11.6 Å². The maximum Gasteiger partial charge on any atom is 0.250 e. The van der Waals surface area contributed by atoms with Crippen LogP contribution < -0.4 is 16.8 Å². The zero-order chi connectivity index (χ0) is 15.4. The number of carbonyl (C=O) groups excluding carboxylic acids is 1. The van der Waals surface area contributed by atoms with Gasteiger partial charge in [-0.25, -0.2) is 8.78 Å². The highest BCUT2D eigenvalue weighted by Crippen LogP contribution is 2.22. The minimum absolute atomic E-state index is 0.00400. The van der Waals surface area contributed by atoms with Crippen molar-refractivity contribution in [2.45, 2.75) is 6.42 Å². The summed E-state index contributed by atoms with van der Waals surface area (Å²) in [7, 11) is 0. The van der Waals surface area contributed by atoms with E-state index in [1.807, 2.05) is 0 Å². The van der Waals surface area contributed by atoms with Gasteiger partial charge in [-0.05, 0) is 36.2 Å². The molecule has 0 saturated heterocycles. The highest BCUT2D eigenvalue weighted by molar-refractivity contribution is 5.99. The van der Waals surface area contributed by atoms with Gasteiger partial charge in [0.2, 0.25) is 0 Å². The molecule has 0 heterocycles. The Balaban J connectivity index is 2.06. The molecular weight excluding hydrogens is 276 g/mol. The van der Waals surface area contributed by atoms with Gasteiger partial charge in [-0.1, -0.05) is 12.1 Å². The molecule has 0 aliphatic rings. The fourth-order valence-corrected chi connectivity index (χ4v) is 1.97. The summed E-state index contributed by atoms with van der Waals surface area (Å²) in [5, 5.41) is 2.84. The summed E-state index contributed by atoms with van der Waals surface area (Å²) in [6.45, 7) is 0.377. The first-order chi connectivity index (χ1) is 9.97. The van der Waals surface area contributed by atoms with Crippen molar-refractivity contribution in [1.82, 2.24) is 0 Å². The Morgan fingerprint density at radius 1 is 1.19 bits per heavy atom. The summed E-state index contributed by atoms with van der Waals surface area (Å²) in [6, 6.07) is 8.48. The van der Waals surface area contributed by atoms with Crippen LogP contribution in [-0.2, 0) is 6.42 Å². The van der Waals surface area contributed by atoms with Gasteiger partial charge in [0.25, 0.3) is 5.91 Å². The molecule has 4 nitrogen and oxygen atoms in total. The molecule has 0 unspecified atom stereocenters. The Bertz CT molecular complexity index is 674. The molecule has 0 radical (unpaired) electrons. The average Bonchev–Trinajstić information content (AvgIpc) is 2.41. The molecule has 2 aromatic rings. The number of hydrogen-bond donors (Lipinski definition) is 3. The third-order valence-electron chi connectivity index (χ3n) is 3.02. The first-order valence-electron chi connectivity index (χ1n) is 6.34. The first kappa shape index (κ1) is 14.8. The lowest BCUT2D eigenvalue weighted by Gasteiger charge is -2.10. The van der Waals surface area contributed by atoms with E-state index in [-0.39, 0.29) is 22.8 Å². The van der Waals surface area contributed by atoms with E-state index in [9.17, 15) is 13.6 Å². The van der Waals surface area contributed by atoms with Crippen molar-refractivity contribution < 1.29 is 13.6 Å². The zero-order valence-electron chi connectivity index (χ0n) is 11.2. The molecule has 0 saturated carbocycles. The van der Waals surface area contributed by atoms with E-state index in [1.165, 1.54) is 18.2 Å². The van der Waals surface area contributed by atoms with Crippen LogP contribution in [0.1, 0.15) is 15.9 Å². The maximum atomic E-state index is 13.7. The van der Waals surface area contributed by atoms with Crippen LogP contribution in [0.2, 0.25) is 0 Å². The normalized spacial score (nSPS) is 10.4. The maximum absolute atomic E-state index is 13.7. The van der Waals surface area contributed by atoms with Crippen LogP contribution >= 0.6 is 0 Å². The van der Waals surface area contributed by atoms with Crippen LogP contribution in [0.3, 0.4) is 0 Å². The lowest BCUT2D eigenvalue weighted by atomic mass is 10.1. The van der Waals surface area contributed by atoms with Crippen molar-refractivity contribution in [3.8, 4) is 0 Å². The number of nitrogens with two attached hydrogens (primary N) is 2. The molecule has 6 heteroatoms. The number of primary amides is 1. The lowest BCUT2D eigenvalue weighted by molar-refractivity contribution is 0.100. The van der Waals surface area contributed by atoms with E-state index >= 15 is 0 Å². The van der Waals surface area contributed by atoms with Crippen molar-refractivity contribution in [2.75, 3.05) is 17.6 Å². The molecule has 2 rings (SSSR count). The fraction of sp³-hybridized carbons (Fsp3) is 0.133. The Labute approximate surface area is 120 Å².